The van der Waals surface area contributed by atoms with Crippen molar-refractivity contribution in [2.75, 3.05) is 13.7 Å². The standard InChI is InChI=1S/C16H19NO4/c1-12(18)10-20-16-6-4-3-5-13(16)7-8-15-9-14(11-19-2)17-21-15/h3-9,12,18H,10-11H2,1-2H3. The van der Waals surface area contributed by atoms with Gasteiger partial charge in [-0.1, -0.05) is 23.4 Å². The highest BCUT2D eigenvalue weighted by molar-refractivity contribution is 5.70. The second kappa shape index (κ2) is 7.61. The van der Waals surface area contributed by atoms with Crippen LogP contribution < -0.4 is 4.74 Å². The third kappa shape index (κ3) is 4.73. The first-order valence-corrected chi connectivity index (χ1v) is 6.71. The van der Waals surface area contributed by atoms with Gasteiger partial charge in [0.2, 0.25) is 0 Å². The summed E-state index contributed by atoms with van der Waals surface area (Å²) in [7, 11) is 1.61. The summed E-state index contributed by atoms with van der Waals surface area (Å²) in [6.07, 6.45) is 3.19. The first kappa shape index (κ1) is 15.3. The number of para-hydroxylation sites is 1. The lowest BCUT2D eigenvalue weighted by Gasteiger charge is -2.10. The Kier molecular flexibility index (Phi) is 5.54. The SMILES string of the molecule is COCc1cc(C=Cc2ccccc2OCC(C)O)on1. The average molecular weight is 289 g/mol. The molecule has 5 heteroatoms. The average Bonchev–Trinajstić information content (AvgIpc) is 2.92. The number of hydrogen-bond donors (Lipinski definition) is 1. The van der Waals surface area contributed by atoms with Gasteiger partial charge in [0, 0.05) is 18.7 Å². The molecule has 1 aromatic carbocycles. The fraction of sp³-hybridized carbons (Fsp3) is 0.312. The Balaban J connectivity index is 2.08. The molecule has 0 radical (unpaired) electrons. The normalized spacial score (nSPS) is 12.7. The summed E-state index contributed by atoms with van der Waals surface area (Å²) in [4.78, 5) is 0. The number of ether oxygens (including phenoxy) is 2. The van der Waals surface area contributed by atoms with E-state index in [9.17, 15) is 5.11 Å². The Bertz CT molecular complexity index is 589. The second-order valence-electron chi connectivity index (χ2n) is 4.68. The number of aromatic nitrogens is 1. The van der Waals surface area contributed by atoms with Gasteiger partial charge in [0.1, 0.15) is 18.1 Å². The quantitative estimate of drug-likeness (QED) is 0.849. The van der Waals surface area contributed by atoms with E-state index in [0.717, 1.165) is 11.3 Å². The molecule has 0 aliphatic rings. The van der Waals surface area contributed by atoms with Crippen LogP contribution in [0.15, 0.2) is 34.9 Å². The summed E-state index contributed by atoms with van der Waals surface area (Å²) in [5, 5.41) is 13.2. The minimum atomic E-state index is -0.507. The van der Waals surface area contributed by atoms with Crippen LogP contribution in [0, 0.1) is 0 Å². The molecule has 0 amide bonds. The van der Waals surface area contributed by atoms with Crippen LogP contribution in [0.1, 0.15) is 23.9 Å². The van der Waals surface area contributed by atoms with Crippen molar-refractivity contribution in [3.05, 3.63) is 47.3 Å². The number of hydrogen-bond acceptors (Lipinski definition) is 5. The van der Waals surface area contributed by atoms with Gasteiger partial charge in [-0.25, -0.2) is 0 Å². The van der Waals surface area contributed by atoms with Gasteiger partial charge in [-0.2, -0.15) is 0 Å². The Morgan fingerprint density at radius 1 is 1.33 bits per heavy atom. The number of aliphatic hydroxyl groups is 1. The number of aliphatic hydroxyl groups excluding tert-OH is 1. The van der Waals surface area contributed by atoms with E-state index >= 15 is 0 Å². The van der Waals surface area contributed by atoms with Crippen LogP contribution in [-0.4, -0.2) is 30.1 Å². The summed E-state index contributed by atoms with van der Waals surface area (Å²) in [5.74, 6) is 1.36. The van der Waals surface area contributed by atoms with Crippen LogP contribution in [0.25, 0.3) is 12.2 Å². The molecule has 1 atom stereocenters. The topological polar surface area (TPSA) is 64.7 Å². The Morgan fingerprint density at radius 3 is 2.90 bits per heavy atom. The summed E-state index contributed by atoms with van der Waals surface area (Å²) in [5.41, 5.74) is 1.65. The molecule has 0 saturated carbocycles. The van der Waals surface area contributed by atoms with E-state index < -0.39 is 6.10 Å². The molecule has 0 fully saturated rings. The van der Waals surface area contributed by atoms with E-state index in [2.05, 4.69) is 5.16 Å². The molecular formula is C16H19NO4. The zero-order valence-electron chi connectivity index (χ0n) is 12.2. The number of nitrogens with zero attached hydrogens (tertiary/aromatic N) is 1. The lowest BCUT2D eigenvalue weighted by Crippen LogP contribution is -2.13. The van der Waals surface area contributed by atoms with Gasteiger partial charge >= 0.3 is 0 Å². The minimum Gasteiger partial charge on any atom is -0.490 e. The van der Waals surface area contributed by atoms with Crippen LogP contribution in [0.2, 0.25) is 0 Å². The van der Waals surface area contributed by atoms with Crippen molar-refractivity contribution in [3.63, 3.8) is 0 Å². The molecule has 112 valence electrons. The molecule has 1 aromatic heterocycles. The Morgan fingerprint density at radius 2 is 2.14 bits per heavy atom. The first-order chi connectivity index (χ1) is 10.2. The van der Waals surface area contributed by atoms with Crippen LogP contribution >= 0.6 is 0 Å². The van der Waals surface area contributed by atoms with Gasteiger partial charge in [-0.3, -0.25) is 0 Å². The Hall–Kier alpha value is -2.11. The van der Waals surface area contributed by atoms with Crippen molar-refractivity contribution < 1.29 is 19.1 Å². The molecule has 1 N–H and O–H groups in total. The first-order valence-electron chi connectivity index (χ1n) is 6.71. The highest BCUT2D eigenvalue weighted by atomic mass is 16.5. The molecule has 2 rings (SSSR count). The van der Waals surface area contributed by atoms with Crippen molar-refractivity contribution in [3.8, 4) is 5.75 Å². The van der Waals surface area contributed by atoms with E-state index in [1.54, 1.807) is 14.0 Å². The van der Waals surface area contributed by atoms with E-state index in [4.69, 9.17) is 14.0 Å². The monoisotopic (exact) mass is 289 g/mol. The fourth-order valence-corrected chi connectivity index (χ4v) is 1.75. The molecule has 0 spiro atoms. The maximum Gasteiger partial charge on any atom is 0.160 e. The Labute approximate surface area is 123 Å². The lowest BCUT2D eigenvalue weighted by molar-refractivity contribution is 0.122. The zero-order chi connectivity index (χ0) is 15.1. The molecule has 2 aromatic rings. The van der Waals surface area contributed by atoms with Crippen LogP contribution in [-0.2, 0) is 11.3 Å². The summed E-state index contributed by atoms with van der Waals surface area (Å²) in [6, 6.07) is 9.42. The predicted octanol–water partition coefficient (Wildman–Crippen LogP) is 2.75. The molecule has 5 nitrogen and oxygen atoms in total. The van der Waals surface area contributed by atoms with Crippen LogP contribution in [0.4, 0.5) is 0 Å². The van der Waals surface area contributed by atoms with Gasteiger partial charge in [0.15, 0.2) is 5.76 Å². The fourth-order valence-electron chi connectivity index (χ4n) is 1.75. The highest BCUT2D eigenvalue weighted by Gasteiger charge is 2.04. The minimum absolute atomic E-state index is 0.255. The molecular weight excluding hydrogens is 270 g/mol. The summed E-state index contributed by atoms with van der Waals surface area (Å²) >= 11 is 0. The predicted molar refractivity (Wildman–Crippen MR) is 79.8 cm³/mol. The van der Waals surface area contributed by atoms with Gasteiger partial charge in [0.25, 0.3) is 0 Å². The van der Waals surface area contributed by atoms with E-state index in [1.807, 2.05) is 42.5 Å². The summed E-state index contributed by atoms with van der Waals surface area (Å²) in [6.45, 7) is 2.36. The van der Waals surface area contributed by atoms with Crippen molar-refractivity contribution >= 4 is 12.2 Å². The van der Waals surface area contributed by atoms with Gasteiger partial charge in [-0.05, 0) is 25.1 Å². The maximum atomic E-state index is 9.29. The number of rotatable bonds is 7. The van der Waals surface area contributed by atoms with Gasteiger partial charge < -0.3 is 19.1 Å². The van der Waals surface area contributed by atoms with Crippen molar-refractivity contribution in [2.24, 2.45) is 0 Å². The highest BCUT2D eigenvalue weighted by Crippen LogP contribution is 2.21. The zero-order valence-corrected chi connectivity index (χ0v) is 12.2. The second-order valence-corrected chi connectivity index (χ2v) is 4.68. The maximum absolute atomic E-state index is 9.29. The molecule has 1 heterocycles. The molecule has 0 aliphatic heterocycles. The van der Waals surface area contributed by atoms with Gasteiger partial charge in [0.05, 0.1) is 12.7 Å². The van der Waals surface area contributed by atoms with Crippen molar-refractivity contribution in [1.29, 1.82) is 0 Å². The summed E-state index contributed by atoms with van der Waals surface area (Å²) < 4.78 is 15.7. The third-order valence-electron chi connectivity index (χ3n) is 2.70. The molecule has 1 unspecified atom stereocenters. The van der Waals surface area contributed by atoms with E-state index in [0.29, 0.717) is 18.1 Å². The third-order valence-corrected chi connectivity index (χ3v) is 2.70. The smallest absolute Gasteiger partial charge is 0.160 e. The van der Waals surface area contributed by atoms with Crippen LogP contribution in [0.3, 0.4) is 0 Å². The molecule has 0 bridgehead atoms. The van der Waals surface area contributed by atoms with Crippen molar-refractivity contribution in [1.82, 2.24) is 5.16 Å². The number of benzene rings is 1. The molecule has 0 saturated heterocycles. The lowest BCUT2D eigenvalue weighted by atomic mass is 10.2. The number of methoxy groups -OCH3 is 1. The van der Waals surface area contributed by atoms with E-state index in [-0.39, 0.29) is 6.61 Å². The van der Waals surface area contributed by atoms with Crippen LogP contribution in [0.5, 0.6) is 5.75 Å². The van der Waals surface area contributed by atoms with Crippen molar-refractivity contribution in [2.45, 2.75) is 19.6 Å². The molecule has 0 aliphatic carbocycles. The largest absolute Gasteiger partial charge is 0.490 e. The van der Waals surface area contributed by atoms with Gasteiger partial charge in [-0.15, -0.1) is 0 Å². The molecule has 21 heavy (non-hydrogen) atoms. The van der Waals surface area contributed by atoms with E-state index in [1.165, 1.54) is 0 Å².